The van der Waals surface area contributed by atoms with E-state index in [4.69, 9.17) is 9.47 Å². The van der Waals surface area contributed by atoms with Gasteiger partial charge < -0.3 is 9.47 Å². The number of fused-ring (bicyclic) bond motifs is 1. The summed E-state index contributed by atoms with van der Waals surface area (Å²) < 4.78 is 39.5. The van der Waals surface area contributed by atoms with E-state index in [9.17, 15) is 8.42 Å². The number of sulfonamides is 1. The molecule has 0 radical (unpaired) electrons. The highest BCUT2D eigenvalue weighted by atomic mass is 32.2. The van der Waals surface area contributed by atoms with E-state index >= 15 is 0 Å². The minimum atomic E-state index is -3.40. The Morgan fingerprint density at radius 2 is 1.96 bits per heavy atom. The molecule has 9 heteroatoms. The molecule has 2 aliphatic rings. The number of nitrogens with zero attached hydrogens (tertiary/aromatic N) is 4. The number of benzene rings is 1. The third kappa shape index (κ3) is 3.80. The normalized spacial score (nSPS) is 21.9. The maximum absolute atomic E-state index is 12.7. The quantitative estimate of drug-likeness (QED) is 0.772. The molecule has 0 N–H and O–H groups in total. The van der Waals surface area contributed by atoms with Crippen molar-refractivity contribution >= 4 is 10.0 Å². The van der Waals surface area contributed by atoms with E-state index in [1.54, 1.807) is 0 Å². The summed E-state index contributed by atoms with van der Waals surface area (Å²) in [4.78, 5) is 4.60. The average Bonchev–Trinajstić information content (AvgIpc) is 2.95. The van der Waals surface area contributed by atoms with Crippen LogP contribution in [0.5, 0.6) is 0 Å². The van der Waals surface area contributed by atoms with Crippen LogP contribution in [-0.2, 0) is 32.5 Å². The molecule has 0 bridgehead atoms. The van der Waals surface area contributed by atoms with Crippen LogP contribution in [0.4, 0.5) is 0 Å². The van der Waals surface area contributed by atoms with Crippen LogP contribution in [-0.4, -0.2) is 72.3 Å². The fraction of sp³-hybridized carbons (Fsp3) is 0.529. The Balaban J connectivity index is 1.44. The summed E-state index contributed by atoms with van der Waals surface area (Å²) >= 11 is 0. The summed E-state index contributed by atoms with van der Waals surface area (Å²) in [5.74, 6) is 1.46. The van der Waals surface area contributed by atoms with Gasteiger partial charge in [0.2, 0.25) is 10.0 Å². The van der Waals surface area contributed by atoms with E-state index in [-0.39, 0.29) is 5.75 Å². The molecular formula is C17H22N4O4S. The molecule has 8 nitrogen and oxygen atoms in total. The van der Waals surface area contributed by atoms with Gasteiger partial charge in [0.25, 0.3) is 0 Å². The van der Waals surface area contributed by atoms with E-state index < -0.39 is 16.1 Å². The predicted molar refractivity (Wildman–Crippen MR) is 95.1 cm³/mol. The summed E-state index contributed by atoms with van der Waals surface area (Å²) in [5, 5.41) is 4.55. The van der Waals surface area contributed by atoms with Crippen molar-refractivity contribution < 1.29 is 17.9 Å². The molecule has 140 valence electrons. The Kier molecular flexibility index (Phi) is 5.03. The fourth-order valence-corrected chi connectivity index (χ4v) is 4.84. The van der Waals surface area contributed by atoms with Gasteiger partial charge in [-0.3, -0.25) is 0 Å². The second-order valence-corrected chi connectivity index (χ2v) is 8.45. The Morgan fingerprint density at radius 1 is 1.12 bits per heavy atom. The first-order valence-corrected chi connectivity index (χ1v) is 10.4. The van der Waals surface area contributed by atoms with Gasteiger partial charge in [0.05, 0.1) is 38.2 Å². The fourth-order valence-electron chi connectivity index (χ4n) is 3.24. The van der Waals surface area contributed by atoms with Crippen LogP contribution in [0.1, 0.15) is 5.82 Å². The highest BCUT2D eigenvalue weighted by Crippen LogP contribution is 2.18. The van der Waals surface area contributed by atoms with Crippen molar-refractivity contribution in [2.75, 3.05) is 38.7 Å². The molecule has 1 unspecified atom stereocenters. The van der Waals surface area contributed by atoms with Crippen LogP contribution in [0.2, 0.25) is 0 Å². The summed E-state index contributed by atoms with van der Waals surface area (Å²) in [6.45, 7) is 2.59. The number of hydrogen-bond acceptors (Lipinski definition) is 6. The van der Waals surface area contributed by atoms with Gasteiger partial charge in [0.1, 0.15) is 5.82 Å². The molecule has 0 amide bonds. The van der Waals surface area contributed by atoms with Crippen LogP contribution in [0.3, 0.4) is 0 Å². The molecule has 2 aliphatic heterocycles. The lowest BCUT2D eigenvalue weighted by molar-refractivity contribution is -0.0785. The molecular weight excluding hydrogens is 356 g/mol. The Labute approximate surface area is 152 Å². The van der Waals surface area contributed by atoms with Crippen LogP contribution in [0.25, 0.3) is 11.4 Å². The van der Waals surface area contributed by atoms with E-state index in [0.29, 0.717) is 51.7 Å². The summed E-state index contributed by atoms with van der Waals surface area (Å²) in [7, 11) is -3.40. The summed E-state index contributed by atoms with van der Waals surface area (Å²) in [5.41, 5.74) is 0.965. The van der Waals surface area contributed by atoms with Crippen LogP contribution in [0.15, 0.2) is 30.3 Å². The SMILES string of the molecule is O=S(=O)(CC1COCCO1)N1CCc2nc(-c3ccccc3)nn2CC1. The average molecular weight is 378 g/mol. The monoisotopic (exact) mass is 378 g/mol. The topological polar surface area (TPSA) is 86.6 Å². The number of rotatable bonds is 4. The smallest absolute Gasteiger partial charge is 0.216 e. The zero-order valence-corrected chi connectivity index (χ0v) is 15.3. The van der Waals surface area contributed by atoms with Gasteiger partial charge in [-0.05, 0) is 0 Å². The lowest BCUT2D eigenvalue weighted by Gasteiger charge is -2.26. The second kappa shape index (κ2) is 7.43. The molecule has 1 saturated heterocycles. The van der Waals surface area contributed by atoms with Gasteiger partial charge in [0.15, 0.2) is 5.82 Å². The maximum atomic E-state index is 12.7. The first kappa shape index (κ1) is 17.6. The van der Waals surface area contributed by atoms with Crippen molar-refractivity contribution in [2.45, 2.75) is 19.1 Å². The van der Waals surface area contributed by atoms with Gasteiger partial charge >= 0.3 is 0 Å². The lowest BCUT2D eigenvalue weighted by Crippen LogP contribution is -2.42. The molecule has 4 rings (SSSR count). The summed E-state index contributed by atoms with van der Waals surface area (Å²) in [6.07, 6.45) is 0.151. The summed E-state index contributed by atoms with van der Waals surface area (Å²) in [6, 6.07) is 9.80. The second-order valence-electron chi connectivity index (χ2n) is 6.44. The number of ether oxygens (including phenoxy) is 2. The first-order chi connectivity index (χ1) is 12.6. The molecule has 26 heavy (non-hydrogen) atoms. The van der Waals surface area contributed by atoms with Gasteiger partial charge in [-0.2, -0.15) is 9.40 Å². The van der Waals surface area contributed by atoms with Crippen LogP contribution in [0, 0.1) is 0 Å². The molecule has 3 heterocycles. The van der Waals surface area contributed by atoms with Crippen molar-refractivity contribution in [3.63, 3.8) is 0 Å². The van der Waals surface area contributed by atoms with Crippen molar-refractivity contribution in [3.8, 4) is 11.4 Å². The highest BCUT2D eigenvalue weighted by molar-refractivity contribution is 7.89. The zero-order valence-electron chi connectivity index (χ0n) is 14.5. The van der Waals surface area contributed by atoms with Crippen LogP contribution >= 0.6 is 0 Å². The van der Waals surface area contributed by atoms with Crippen molar-refractivity contribution in [2.24, 2.45) is 0 Å². The Hall–Kier alpha value is -1.81. The molecule has 0 spiro atoms. The molecule has 1 atom stereocenters. The molecule has 2 aromatic rings. The van der Waals surface area contributed by atoms with E-state index in [1.807, 2.05) is 35.0 Å². The molecule has 1 fully saturated rings. The molecule has 1 aromatic carbocycles. The van der Waals surface area contributed by atoms with E-state index in [1.165, 1.54) is 4.31 Å². The number of aromatic nitrogens is 3. The minimum absolute atomic E-state index is 0.0436. The van der Waals surface area contributed by atoms with Gasteiger partial charge in [-0.1, -0.05) is 30.3 Å². The maximum Gasteiger partial charge on any atom is 0.216 e. The number of hydrogen-bond donors (Lipinski definition) is 0. The van der Waals surface area contributed by atoms with Crippen molar-refractivity contribution in [1.29, 1.82) is 0 Å². The third-order valence-corrected chi connectivity index (χ3v) is 6.55. The first-order valence-electron chi connectivity index (χ1n) is 8.78. The van der Waals surface area contributed by atoms with E-state index in [2.05, 4.69) is 10.1 Å². The van der Waals surface area contributed by atoms with Gasteiger partial charge in [-0.15, -0.1) is 0 Å². The molecule has 1 aromatic heterocycles. The van der Waals surface area contributed by atoms with Gasteiger partial charge in [-0.25, -0.2) is 18.1 Å². The minimum Gasteiger partial charge on any atom is -0.376 e. The highest BCUT2D eigenvalue weighted by Gasteiger charge is 2.30. The molecule has 0 aliphatic carbocycles. The third-order valence-electron chi connectivity index (χ3n) is 4.60. The predicted octanol–water partition coefficient (Wildman–Crippen LogP) is 0.548. The van der Waals surface area contributed by atoms with Crippen LogP contribution < -0.4 is 0 Å². The van der Waals surface area contributed by atoms with Gasteiger partial charge in [0, 0.05) is 25.1 Å². The molecule has 0 saturated carbocycles. The lowest BCUT2D eigenvalue weighted by atomic mass is 10.2. The standard InChI is InChI=1S/C17H22N4O4S/c22-26(23,13-15-12-24-10-11-25-15)20-7-6-16-18-17(19-21(16)9-8-20)14-4-2-1-3-5-14/h1-5,15H,6-13H2. The largest absolute Gasteiger partial charge is 0.376 e. The van der Waals surface area contributed by atoms with Crippen molar-refractivity contribution in [3.05, 3.63) is 36.2 Å². The Morgan fingerprint density at radius 3 is 2.73 bits per heavy atom. The van der Waals surface area contributed by atoms with Crippen molar-refractivity contribution in [1.82, 2.24) is 19.1 Å². The Bertz CT molecular complexity index is 821. The van der Waals surface area contributed by atoms with E-state index in [0.717, 1.165) is 11.4 Å². The zero-order chi connectivity index (χ0) is 18.0.